The number of hydrogen-bond acceptors (Lipinski definition) is 4. The van der Waals surface area contributed by atoms with E-state index in [9.17, 15) is 10.2 Å². The topological polar surface area (TPSA) is 58.9 Å². The molecule has 1 rings (SSSR count). The van der Waals surface area contributed by atoms with Crippen LogP contribution in [0, 0.1) is 0 Å². The molecule has 0 atom stereocenters. The van der Waals surface area contributed by atoms with Gasteiger partial charge in [0.05, 0.1) is 13.2 Å². The van der Waals surface area contributed by atoms with Gasteiger partial charge in [-0.2, -0.15) is 0 Å². The van der Waals surface area contributed by atoms with Crippen molar-refractivity contribution in [2.75, 3.05) is 13.2 Å². The summed E-state index contributed by atoms with van der Waals surface area (Å²) in [5.41, 5.74) is 0. The normalized spacial score (nSPS) is 10.1. The fourth-order valence-corrected chi connectivity index (χ4v) is 1.21. The Morgan fingerprint density at radius 3 is 2.25 bits per heavy atom. The summed E-state index contributed by atoms with van der Waals surface area (Å²) in [5.74, 6) is 0.220. The minimum Gasteiger partial charge on any atom is -0.504 e. The third kappa shape index (κ3) is 2.95. The lowest BCUT2D eigenvalue weighted by Crippen LogP contribution is -2.01. The van der Waals surface area contributed by atoms with Crippen molar-refractivity contribution in [3.05, 3.63) is 12.1 Å². The zero-order valence-corrected chi connectivity index (χ0v) is 9.69. The molecule has 0 unspecified atom stereocenters. The van der Waals surface area contributed by atoms with Crippen LogP contribution in [0.25, 0.3) is 0 Å². The summed E-state index contributed by atoms with van der Waals surface area (Å²) in [5, 5.41) is 19.0. The highest BCUT2D eigenvalue weighted by Crippen LogP contribution is 2.42. The van der Waals surface area contributed by atoms with E-state index >= 15 is 0 Å². The Kier molecular flexibility index (Phi) is 4.76. The molecule has 0 amide bonds. The molecular weight excluding hydrogens is 208 g/mol. The van der Waals surface area contributed by atoms with E-state index in [2.05, 4.69) is 0 Å². The average molecular weight is 226 g/mol. The van der Waals surface area contributed by atoms with E-state index < -0.39 is 0 Å². The number of hydrogen-bond donors (Lipinski definition) is 2. The van der Waals surface area contributed by atoms with E-state index in [1.54, 1.807) is 6.07 Å². The summed E-state index contributed by atoms with van der Waals surface area (Å²) in [6.07, 6.45) is 1.69. The largest absolute Gasteiger partial charge is 0.504 e. The molecule has 0 saturated carbocycles. The van der Waals surface area contributed by atoms with Crippen molar-refractivity contribution in [3.63, 3.8) is 0 Å². The SMILES string of the molecule is CCCOc1ccc(O)c(O)c1OCCC. The molecule has 4 heteroatoms. The van der Waals surface area contributed by atoms with Crippen LogP contribution in [-0.2, 0) is 0 Å². The predicted molar refractivity (Wildman–Crippen MR) is 61.3 cm³/mol. The van der Waals surface area contributed by atoms with E-state index in [0.29, 0.717) is 19.0 Å². The van der Waals surface area contributed by atoms with Gasteiger partial charge in [0.15, 0.2) is 11.5 Å². The van der Waals surface area contributed by atoms with Crippen molar-refractivity contribution in [2.24, 2.45) is 0 Å². The Bertz CT molecular complexity index is 336. The summed E-state index contributed by atoms with van der Waals surface area (Å²) in [6.45, 7) is 4.98. The van der Waals surface area contributed by atoms with Gasteiger partial charge >= 0.3 is 0 Å². The van der Waals surface area contributed by atoms with Gasteiger partial charge in [-0.25, -0.2) is 0 Å². The maximum atomic E-state index is 9.65. The van der Waals surface area contributed by atoms with Gasteiger partial charge in [0.2, 0.25) is 11.5 Å². The summed E-state index contributed by atoms with van der Waals surface area (Å²) in [4.78, 5) is 0. The molecule has 16 heavy (non-hydrogen) atoms. The van der Waals surface area contributed by atoms with Gasteiger partial charge in [0.1, 0.15) is 0 Å². The van der Waals surface area contributed by atoms with Crippen LogP contribution >= 0.6 is 0 Å². The van der Waals surface area contributed by atoms with Crippen LogP contribution < -0.4 is 9.47 Å². The lowest BCUT2D eigenvalue weighted by molar-refractivity contribution is 0.254. The predicted octanol–water partition coefficient (Wildman–Crippen LogP) is 2.68. The van der Waals surface area contributed by atoms with E-state index in [-0.39, 0.29) is 17.2 Å². The van der Waals surface area contributed by atoms with Crippen LogP contribution in [0.1, 0.15) is 26.7 Å². The van der Waals surface area contributed by atoms with Crippen molar-refractivity contribution in [1.82, 2.24) is 0 Å². The number of phenolic OH excluding ortho intramolecular Hbond substituents is 2. The third-order valence-electron chi connectivity index (χ3n) is 1.99. The molecule has 0 aliphatic rings. The molecule has 1 aromatic rings. The molecule has 2 N–H and O–H groups in total. The van der Waals surface area contributed by atoms with Gasteiger partial charge in [-0.15, -0.1) is 0 Å². The second-order valence-corrected chi connectivity index (χ2v) is 3.46. The molecule has 90 valence electrons. The number of phenols is 2. The van der Waals surface area contributed by atoms with Crippen LogP contribution in [0.4, 0.5) is 0 Å². The molecule has 1 aromatic carbocycles. The van der Waals surface area contributed by atoms with Crippen LogP contribution in [0.15, 0.2) is 12.1 Å². The van der Waals surface area contributed by atoms with Gasteiger partial charge in [-0.1, -0.05) is 13.8 Å². The highest BCUT2D eigenvalue weighted by atomic mass is 16.5. The Morgan fingerprint density at radius 1 is 1.00 bits per heavy atom. The first-order chi connectivity index (χ1) is 7.70. The third-order valence-corrected chi connectivity index (χ3v) is 1.99. The highest BCUT2D eigenvalue weighted by Gasteiger charge is 2.14. The molecule has 0 fully saturated rings. The number of benzene rings is 1. The molecule has 0 bridgehead atoms. The number of aromatic hydroxyl groups is 2. The standard InChI is InChI=1S/C12H18O4/c1-3-7-15-10-6-5-9(13)11(14)12(10)16-8-4-2/h5-6,13-14H,3-4,7-8H2,1-2H3. The van der Waals surface area contributed by atoms with E-state index in [4.69, 9.17) is 9.47 Å². The second-order valence-electron chi connectivity index (χ2n) is 3.46. The Hall–Kier alpha value is -1.58. The van der Waals surface area contributed by atoms with Crippen LogP contribution in [0.5, 0.6) is 23.0 Å². The maximum Gasteiger partial charge on any atom is 0.207 e. The minimum atomic E-state index is -0.262. The van der Waals surface area contributed by atoms with Crippen molar-refractivity contribution >= 4 is 0 Å². The summed E-state index contributed by atoms with van der Waals surface area (Å²) in [6, 6.07) is 2.98. The number of rotatable bonds is 6. The van der Waals surface area contributed by atoms with Crippen LogP contribution in [0.3, 0.4) is 0 Å². The van der Waals surface area contributed by atoms with Crippen LogP contribution in [0.2, 0.25) is 0 Å². The second kappa shape index (κ2) is 6.10. The first-order valence-electron chi connectivity index (χ1n) is 5.51. The van der Waals surface area contributed by atoms with Gasteiger partial charge in [-0.3, -0.25) is 0 Å². The molecule has 0 aromatic heterocycles. The van der Waals surface area contributed by atoms with Crippen molar-refractivity contribution < 1.29 is 19.7 Å². The smallest absolute Gasteiger partial charge is 0.207 e. The highest BCUT2D eigenvalue weighted by molar-refractivity contribution is 5.57. The minimum absolute atomic E-state index is 0.199. The average Bonchev–Trinajstić information content (AvgIpc) is 2.29. The fraction of sp³-hybridized carbons (Fsp3) is 0.500. The molecule has 4 nitrogen and oxygen atoms in total. The zero-order chi connectivity index (χ0) is 12.0. The van der Waals surface area contributed by atoms with Crippen molar-refractivity contribution in [2.45, 2.75) is 26.7 Å². The maximum absolute atomic E-state index is 9.65. The summed E-state index contributed by atoms with van der Waals surface area (Å²) >= 11 is 0. The van der Waals surface area contributed by atoms with Crippen LogP contribution in [-0.4, -0.2) is 23.4 Å². The number of ether oxygens (including phenoxy) is 2. The first kappa shape index (κ1) is 12.5. The lowest BCUT2D eigenvalue weighted by Gasteiger charge is -2.13. The molecule has 0 heterocycles. The molecule has 0 radical (unpaired) electrons. The molecular formula is C12H18O4. The molecule has 0 aliphatic heterocycles. The van der Waals surface area contributed by atoms with E-state index in [1.165, 1.54) is 6.07 Å². The molecule has 0 saturated heterocycles. The molecule has 0 aliphatic carbocycles. The Balaban J connectivity index is 2.91. The van der Waals surface area contributed by atoms with Gasteiger partial charge < -0.3 is 19.7 Å². The fourth-order valence-electron chi connectivity index (χ4n) is 1.21. The quantitative estimate of drug-likeness (QED) is 0.732. The first-order valence-corrected chi connectivity index (χ1v) is 5.51. The lowest BCUT2D eigenvalue weighted by atomic mass is 10.2. The van der Waals surface area contributed by atoms with E-state index in [0.717, 1.165) is 12.8 Å². The summed E-state index contributed by atoms with van der Waals surface area (Å²) in [7, 11) is 0. The monoisotopic (exact) mass is 226 g/mol. The van der Waals surface area contributed by atoms with Gasteiger partial charge in [0.25, 0.3) is 0 Å². The van der Waals surface area contributed by atoms with Crippen molar-refractivity contribution in [3.8, 4) is 23.0 Å². The Morgan fingerprint density at radius 2 is 1.62 bits per heavy atom. The van der Waals surface area contributed by atoms with Gasteiger partial charge in [-0.05, 0) is 25.0 Å². The summed E-state index contributed by atoms with van der Waals surface area (Å²) < 4.78 is 10.8. The van der Waals surface area contributed by atoms with Gasteiger partial charge in [0, 0.05) is 0 Å². The van der Waals surface area contributed by atoms with Crippen molar-refractivity contribution in [1.29, 1.82) is 0 Å². The Labute approximate surface area is 95.4 Å². The van der Waals surface area contributed by atoms with E-state index in [1.807, 2.05) is 13.8 Å². The zero-order valence-electron chi connectivity index (χ0n) is 9.69. The molecule has 0 spiro atoms.